The molecule has 0 atom stereocenters. The summed E-state index contributed by atoms with van der Waals surface area (Å²) in [5.41, 5.74) is 1.95. The van der Waals surface area contributed by atoms with Crippen LogP contribution in [0.5, 0.6) is 0 Å². The summed E-state index contributed by atoms with van der Waals surface area (Å²) >= 11 is 3.48. The van der Waals surface area contributed by atoms with Crippen LogP contribution in [0.2, 0.25) is 0 Å². The number of carbonyl (C=O) groups is 1. The Balaban J connectivity index is 2.14. The highest BCUT2D eigenvalue weighted by atomic mass is 79.9. The van der Waals surface area contributed by atoms with E-state index in [4.69, 9.17) is 0 Å². The number of likely N-dealkylation sites (tertiary alicyclic amines) is 1. The monoisotopic (exact) mass is 295 g/mol. The van der Waals surface area contributed by atoms with Crippen molar-refractivity contribution in [2.75, 3.05) is 13.1 Å². The molecule has 1 heterocycles. The molecule has 0 radical (unpaired) electrons. The first-order valence-corrected chi connectivity index (χ1v) is 6.92. The van der Waals surface area contributed by atoms with E-state index >= 15 is 0 Å². The molecule has 92 valence electrons. The lowest BCUT2D eigenvalue weighted by molar-refractivity contribution is 0.0696. The largest absolute Gasteiger partial charge is 0.339 e. The normalized spacial score (nSPS) is 17.2. The molecule has 2 rings (SSSR count). The van der Waals surface area contributed by atoms with Crippen molar-refractivity contribution in [3.8, 4) is 0 Å². The number of hydrogen-bond acceptors (Lipinski definition) is 1. The number of nitrogens with zero attached hydrogens (tertiary/aromatic N) is 1. The molecule has 0 unspecified atom stereocenters. The van der Waals surface area contributed by atoms with Crippen LogP contribution in [0.15, 0.2) is 22.7 Å². The number of aryl methyl sites for hydroxylation is 1. The Morgan fingerprint density at radius 2 is 2.00 bits per heavy atom. The van der Waals surface area contributed by atoms with E-state index in [0.717, 1.165) is 41.9 Å². The first kappa shape index (κ1) is 12.6. The molecule has 1 aromatic carbocycles. The fourth-order valence-electron chi connectivity index (χ4n) is 2.18. The van der Waals surface area contributed by atoms with E-state index in [1.54, 1.807) is 0 Å². The van der Waals surface area contributed by atoms with Gasteiger partial charge in [0, 0.05) is 17.6 Å². The van der Waals surface area contributed by atoms with E-state index in [2.05, 4.69) is 22.9 Å². The first-order valence-electron chi connectivity index (χ1n) is 6.13. The smallest absolute Gasteiger partial charge is 0.254 e. The van der Waals surface area contributed by atoms with Gasteiger partial charge in [-0.2, -0.15) is 0 Å². The summed E-state index contributed by atoms with van der Waals surface area (Å²) in [5.74, 6) is 0.907. The molecule has 1 fully saturated rings. The summed E-state index contributed by atoms with van der Waals surface area (Å²) in [7, 11) is 0. The third kappa shape index (κ3) is 2.89. The SMILES string of the molecule is Cc1ccc(C(=O)N2CCC(C)CC2)c(Br)c1. The highest BCUT2D eigenvalue weighted by molar-refractivity contribution is 9.10. The maximum atomic E-state index is 12.3. The lowest BCUT2D eigenvalue weighted by Gasteiger charge is -2.30. The van der Waals surface area contributed by atoms with Crippen LogP contribution in [0.3, 0.4) is 0 Å². The Bertz CT molecular complexity index is 422. The van der Waals surface area contributed by atoms with Crippen molar-refractivity contribution in [2.45, 2.75) is 26.7 Å². The second-order valence-corrected chi connectivity index (χ2v) is 5.81. The molecular weight excluding hydrogens is 278 g/mol. The summed E-state index contributed by atoms with van der Waals surface area (Å²) in [6.45, 7) is 6.06. The second-order valence-electron chi connectivity index (χ2n) is 4.96. The number of benzene rings is 1. The topological polar surface area (TPSA) is 20.3 Å². The Kier molecular flexibility index (Phi) is 3.87. The van der Waals surface area contributed by atoms with Crippen LogP contribution in [-0.2, 0) is 0 Å². The maximum Gasteiger partial charge on any atom is 0.254 e. The van der Waals surface area contributed by atoms with Crippen LogP contribution in [-0.4, -0.2) is 23.9 Å². The quantitative estimate of drug-likeness (QED) is 0.775. The Morgan fingerprint density at radius 3 is 2.59 bits per heavy atom. The zero-order valence-corrected chi connectivity index (χ0v) is 12.0. The van der Waals surface area contributed by atoms with Crippen LogP contribution in [0.1, 0.15) is 35.7 Å². The van der Waals surface area contributed by atoms with Gasteiger partial charge in [0.1, 0.15) is 0 Å². The van der Waals surface area contributed by atoms with Gasteiger partial charge in [0.25, 0.3) is 5.91 Å². The van der Waals surface area contributed by atoms with Gasteiger partial charge in [-0.1, -0.05) is 13.0 Å². The Morgan fingerprint density at radius 1 is 1.35 bits per heavy atom. The number of piperidine rings is 1. The lowest BCUT2D eigenvalue weighted by atomic mass is 9.98. The van der Waals surface area contributed by atoms with Crippen LogP contribution in [0.4, 0.5) is 0 Å². The standard InChI is InChI=1S/C14H18BrNO/c1-10-5-7-16(8-6-10)14(17)12-4-3-11(2)9-13(12)15/h3-4,9-10H,5-8H2,1-2H3. The van der Waals surface area contributed by atoms with Crippen LogP contribution >= 0.6 is 15.9 Å². The molecule has 0 aromatic heterocycles. The molecule has 0 saturated carbocycles. The van der Waals surface area contributed by atoms with Crippen molar-refractivity contribution in [1.82, 2.24) is 4.90 Å². The van der Waals surface area contributed by atoms with Crippen molar-refractivity contribution < 1.29 is 4.79 Å². The van der Waals surface area contributed by atoms with Crippen LogP contribution in [0, 0.1) is 12.8 Å². The molecular formula is C14H18BrNO. The molecule has 1 aliphatic heterocycles. The second kappa shape index (κ2) is 5.21. The van der Waals surface area contributed by atoms with Crippen molar-refractivity contribution in [3.63, 3.8) is 0 Å². The minimum atomic E-state index is 0.156. The predicted molar refractivity (Wildman–Crippen MR) is 73.2 cm³/mol. The fraction of sp³-hybridized carbons (Fsp3) is 0.500. The molecule has 0 aliphatic carbocycles. The average molecular weight is 296 g/mol. The first-order chi connectivity index (χ1) is 8.08. The average Bonchev–Trinajstić information content (AvgIpc) is 2.29. The number of halogens is 1. The zero-order valence-electron chi connectivity index (χ0n) is 10.4. The summed E-state index contributed by atoms with van der Waals surface area (Å²) in [6.07, 6.45) is 2.24. The molecule has 0 N–H and O–H groups in total. The van der Waals surface area contributed by atoms with E-state index in [1.807, 2.05) is 30.0 Å². The minimum Gasteiger partial charge on any atom is -0.339 e. The molecule has 17 heavy (non-hydrogen) atoms. The van der Waals surface area contributed by atoms with Crippen molar-refractivity contribution in [1.29, 1.82) is 0 Å². The van der Waals surface area contributed by atoms with Gasteiger partial charge in [-0.3, -0.25) is 4.79 Å². The third-order valence-corrected chi connectivity index (χ3v) is 4.08. The van der Waals surface area contributed by atoms with Gasteiger partial charge in [-0.15, -0.1) is 0 Å². The zero-order chi connectivity index (χ0) is 12.4. The van der Waals surface area contributed by atoms with Crippen molar-refractivity contribution in [3.05, 3.63) is 33.8 Å². The van der Waals surface area contributed by atoms with Crippen molar-refractivity contribution in [2.24, 2.45) is 5.92 Å². The van der Waals surface area contributed by atoms with Crippen LogP contribution in [0.25, 0.3) is 0 Å². The highest BCUT2D eigenvalue weighted by Crippen LogP contribution is 2.23. The molecule has 1 aromatic rings. The summed E-state index contributed by atoms with van der Waals surface area (Å²) in [6, 6.07) is 5.91. The van der Waals surface area contributed by atoms with Gasteiger partial charge in [-0.25, -0.2) is 0 Å². The van der Waals surface area contributed by atoms with Gasteiger partial charge < -0.3 is 4.90 Å². The number of rotatable bonds is 1. The molecule has 2 nitrogen and oxygen atoms in total. The van der Waals surface area contributed by atoms with Gasteiger partial charge in [-0.05, 0) is 59.3 Å². The lowest BCUT2D eigenvalue weighted by Crippen LogP contribution is -2.38. The van der Waals surface area contributed by atoms with E-state index in [1.165, 1.54) is 5.56 Å². The third-order valence-electron chi connectivity index (χ3n) is 3.43. The van der Waals surface area contributed by atoms with Gasteiger partial charge in [0.2, 0.25) is 0 Å². The molecule has 1 saturated heterocycles. The van der Waals surface area contributed by atoms with Crippen molar-refractivity contribution >= 4 is 21.8 Å². The van der Waals surface area contributed by atoms with Crippen LogP contribution < -0.4 is 0 Å². The molecule has 1 amide bonds. The molecule has 0 spiro atoms. The summed E-state index contributed by atoms with van der Waals surface area (Å²) < 4.78 is 0.904. The van der Waals surface area contributed by atoms with Gasteiger partial charge in [0.15, 0.2) is 0 Å². The highest BCUT2D eigenvalue weighted by Gasteiger charge is 2.22. The van der Waals surface area contributed by atoms with E-state index in [-0.39, 0.29) is 5.91 Å². The molecule has 1 aliphatic rings. The number of carbonyl (C=O) groups excluding carboxylic acids is 1. The summed E-state index contributed by atoms with van der Waals surface area (Å²) in [5, 5.41) is 0. The molecule has 0 bridgehead atoms. The number of hydrogen-bond donors (Lipinski definition) is 0. The minimum absolute atomic E-state index is 0.156. The predicted octanol–water partition coefficient (Wildman–Crippen LogP) is 3.63. The number of amides is 1. The molecule has 3 heteroatoms. The Labute approximate surface area is 111 Å². The van der Waals surface area contributed by atoms with E-state index in [0.29, 0.717) is 0 Å². The van der Waals surface area contributed by atoms with Gasteiger partial charge >= 0.3 is 0 Å². The van der Waals surface area contributed by atoms with Gasteiger partial charge in [0.05, 0.1) is 5.56 Å². The van der Waals surface area contributed by atoms with E-state index in [9.17, 15) is 4.79 Å². The Hall–Kier alpha value is -0.830. The fourth-order valence-corrected chi connectivity index (χ4v) is 2.84. The maximum absolute atomic E-state index is 12.3. The van der Waals surface area contributed by atoms with E-state index < -0.39 is 0 Å². The summed E-state index contributed by atoms with van der Waals surface area (Å²) in [4.78, 5) is 14.3.